The maximum absolute atomic E-state index is 11.1. The Hall–Kier alpha value is -0.650. The van der Waals surface area contributed by atoms with Crippen molar-refractivity contribution in [1.82, 2.24) is 10.2 Å². The normalized spacial score (nSPS) is 21.8. The number of ether oxygens (including phenoxy) is 2. The van der Waals surface area contributed by atoms with Crippen molar-refractivity contribution in [1.29, 1.82) is 0 Å². The minimum absolute atomic E-state index is 0.167. The molecule has 1 heterocycles. The molecule has 1 fully saturated rings. The molecule has 0 aromatic heterocycles. The highest BCUT2D eigenvalue weighted by Crippen LogP contribution is 2.07. The molecule has 5 heteroatoms. The Kier molecular flexibility index (Phi) is 6.47. The molecule has 1 rings (SSSR count). The fourth-order valence-corrected chi connectivity index (χ4v) is 1.88. The van der Waals surface area contributed by atoms with E-state index in [4.69, 9.17) is 9.47 Å². The van der Waals surface area contributed by atoms with E-state index >= 15 is 0 Å². The molecule has 0 amide bonds. The highest BCUT2D eigenvalue weighted by molar-refractivity contribution is 5.71. The third kappa shape index (κ3) is 5.48. The fraction of sp³-hybridized carbons (Fsp3) is 0.917. The molecule has 1 saturated heterocycles. The molecule has 0 saturated carbocycles. The van der Waals surface area contributed by atoms with Gasteiger partial charge in [-0.2, -0.15) is 0 Å². The molecule has 0 aromatic rings. The summed E-state index contributed by atoms with van der Waals surface area (Å²) in [5.41, 5.74) is 0. The summed E-state index contributed by atoms with van der Waals surface area (Å²) >= 11 is 0. The van der Waals surface area contributed by atoms with Gasteiger partial charge in [0, 0.05) is 25.7 Å². The second-order valence-electron chi connectivity index (χ2n) is 4.52. The summed E-state index contributed by atoms with van der Waals surface area (Å²) in [6, 6.07) is 0.548. The molecule has 17 heavy (non-hydrogen) atoms. The van der Waals surface area contributed by atoms with Crippen molar-refractivity contribution in [3.8, 4) is 0 Å². The van der Waals surface area contributed by atoms with E-state index < -0.39 is 0 Å². The van der Waals surface area contributed by atoms with Crippen LogP contribution in [0.4, 0.5) is 0 Å². The predicted octanol–water partition coefficient (Wildman–Crippen LogP) is 0.248. The number of carbonyl (C=O) groups excluding carboxylic acids is 1. The first-order chi connectivity index (χ1) is 8.13. The molecule has 1 atom stereocenters. The van der Waals surface area contributed by atoms with Gasteiger partial charge in [-0.25, -0.2) is 0 Å². The Labute approximate surface area is 103 Å². The van der Waals surface area contributed by atoms with Crippen LogP contribution >= 0.6 is 0 Å². The van der Waals surface area contributed by atoms with E-state index in [-0.39, 0.29) is 18.6 Å². The van der Waals surface area contributed by atoms with E-state index in [2.05, 4.69) is 24.1 Å². The van der Waals surface area contributed by atoms with Gasteiger partial charge in [0.25, 0.3) is 0 Å². The van der Waals surface area contributed by atoms with Crippen LogP contribution in [0, 0.1) is 0 Å². The smallest absolute Gasteiger partial charge is 0.319 e. The number of carbonyl (C=O) groups is 1. The highest BCUT2D eigenvalue weighted by atomic mass is 16.5. The van der Waals surface area contributed by atoms with Gasteiger partial charge in [-0.3, -0.25) is 9.69 Å². The van der Waals surface area contributed by atoms with Crippen LogP contribution in [0.25, 0.3) is 0 Å². The lowest BCUT2D eigenvalue weighted by atomic mass is 10.2. The average Bonchev–Trinajstić information content (AvgIpc) is 2.30. The van der Waals surface area contributed by atoms with Crippen molar-refractivity contribution in [2.24, 2.45) is 0 Å². The Bertz CT molecular complexity index is 234. The lowest BCUT2D eigenvalue weighted by Gasteiger charge is -2.35. The standard InChI is InChI=1S/C12H24N2O3/c1-4-16-12(15)8-13-7-11-9-14(10(2)3)5-6-17-11/h10-11,13H,4-9H2,1-3H3. The Morgan fingerprint density at radius 2 is 2.35 bits per heavy atom. The molecule has 1 unspecified atom stereocenters. The summed E-state index contributed by atoms with van der Waals surface area (Å²) in [7, 11) is 0. The molecule has 1 aliphatic heterocycles. The van der Waals surface area contributed by atoms with Crippen molar-refractivity contribution in [2.45, 2.75) is 32.9 Å². The lowest BCUT2D eigenvalue weighted by molar-refractivity contribution is -0.142. The van der Waals surface area contributed by atoms with Crippen LogP contribution < -0.4 is 5.32 Å². The molecule has 1 N–H and O–H groups in total. The summed E-state index contributed by atoms with van der Waals surface area (Å²) in [4.78, 5) is 13.5. The summed E-state index contributed by atoms with van der Waals surface area (Å²) in [6.07, 6.45) is 0.167. The summed E-state index contributed by atoms with van der Waals surface area (Å²) in [5, 5.41) is 3.07. The maximum Gasteiger partial charge on any atom is 0.319 e. The van der Waals surface area contributed by atoms with Gasteiger partial charge in [-0.15, -0.1) is 0 Å². The van der Waals surface area contributed by atoms with Gasteiger partial charge in [-0.1, -0.05) is 0 Å². The monoisotopic (exact) mass is 244 g/mol. The zero-order chi connectivity index (χ0) is 12.7. The zero-order valence-corrected chi connectivity index (χ0v) is 11.1. The van der Waals surface area contributed by atoms with E-state index in [9.17, 15) is 4.79 Å². The number of hydrogen-bond donors (Lipinski definition) is 1. The molecular formula is C12H24N2O3. The van der Waals surface area contributed by atoms with Crippen LogP contribution in [0.2, 0.25) is 0 Å². The van der Waals surface area contributed by atoms with Crippen molar-refractivity contribution in [2.75, 3.05) is 39.4 Å². The first kappa shape index (κ1) is 14.4. The Morgan fingerprint density at radius 1 is 1.59 bits per heavy atom. The summed E-state index contributed by atoms with van der Waals surface area (Å²) < 4.78 is 10.5. The minimum Gasteiger partial charge on any atom is -0.465 e. The first-order valence-electron chi connectivity index (χ1n) is 6.35. The molecule has 1 aliphatic rings. The predicted molar refractivity (Wildman–Crippen MR) is 66.0 cm³/mol. The summed E-state index contributed by atoms with van der Waals surface area (Å²) in [5.74, 6) is -0.205. The lowest BCUT2D eigenvalue weighted by Crippen LogP contribution is -2.49. The van der Waals surface area contributed by atoms with Crippen LogP contribution in [0.5, 0.6) is 0 Å². The van der Waals surface area contributed by atoms with Gasteiger partial charge in [0.1, 0.15) is 0 Å². The number of morpholine rings is 1. The number of nitrogens with one attached hydrogen (secondary N) is 1. The molecule has 0 aromatic carbocycles. The molecule has 100 valence electrons. The van der Waals surface area contributed by atoms with Crippen molar-refractivity contribution >= 4 is 5.97 Å². The van der Waals surface area contributed by atoms with Crippen molar-refractivity contribution < 1.29 is 14.3 Å². The van der Waals surface area contributed by atoms with E-state index in [0.29, 0.717) is 19.2 Å². The van der Waals surface area contributed by atoms with Gasteiger partial charge in [-0.05, 0) is 20.8 Å². The maximum atomic E-state index is 11.1. The van der Waals surface area contributed by atoms with Crippen molar-refractivity contribution in [3.63, 3.8) is 0 Å². The largest absolute Gasteiger partial charge is 0.465 e. The SMILES string of the molecule is CCOC(=O)CNCC1CN(C(C)C)CCO1. The van der Waals surface area contributed by atoms with Gasteiger partial charge in [0.15, 0.2) is 0 Å². The molecule has 0 spiro atoms. The number of esters is 1. The highest BCUT2D eigenvalue weighted by Gasteiger charge is 2.21. The van der Waals surface area contributed by atoms with E-state index in [0.717, 1.165) is 19.7 Å². The third-order valence-electron chi connectivity index (χ3n) is 2.85. The topological polar surface area (TPSA) is 50.8 Å². The van der Waals surface area contributed by atoms with Crippen LogP contribution in [-0.2, 0) is 14.3 Å². The number of hydrogen-bond acceptors (Lipinski definition) is 5. The second kappa shape index (κ2) is 7.63. The average molecular weight is 244 g/mol. The van der Waals surface area contributed by atoms with Gasteiger partial charge in [0.05, 0.1) is 25.9 Å². The van der Waals surface area contributed by atoms with Crippen LogP contribution in [-0.4, -0.2) is 62.4 Å². The molecule has 0 bridgehead atoms. The van der Waals surface area contributed by atoms with Crippen LogP contribution in [0.15, 0.2) is 0 Å². The minimum atomic E-state index is -0.205. The molecule has 5 nitrogen and oxygen atoms in total. The number of rotatable bonds is 6. The van der Waals surface area contributed by atoms with Gasteiger partial charge >= 0.3 is 5.97 Å². The molecule has 0 radical (unpaired) electrons. The first-order valence-corrected chi connectivity index (χ1v) is 6.35. The third-order valence-corrected chi connectivity index (χ3v) is 2.85. The van der Waals surface area contributed by atoms with Crippen LogP contribution in [0.3, 0.4) is 0 Å². The number of nitrogens with zero attached hydrogens (tertiary/aromatic N) is 1. The van der Waals surface area contributed by atoms with E-state index in [1.54, 1.807) is 0 Å². The Morgan fingerprint density at radius 3 is 3.00 bits per heavy atom. The van der Waals surface area contributed by atoms with Crippen LogP contribution in [0.1, 0.15) is 20.8 Å². The molecular weight excluding hydrogens is 220 g/mol. The summed E-state index contributed by atoms with van der Waals surface area (Å²) in [6.45, 7) is 10.3. The zero-order valence-electron chi connectivity index (χ0n) is 11.1. The Balaban J connectivity index is 2.16. The quantitative estimate of drug-likeness (QED) is 0.679. The fourth-order valence-electron chi connectivity index (χ4n) is 1.88. The van der Waals surface area contributed by atoms with E-state index in [1.165, 1.54) is 0 Å². The van der Waals surface area contributed by atoms with Gasteiger partial charge < -0.3 is 14.8 Å². The van der Waals surface area contributed by atoms with Crippen molar-refractivity contribution in [3.05, 3.63) is 0 Å². The second-order valence-corrected chi connectivity index (χ2v) is 4.52. The molecule has 0 aliphatic carbocycles. The van der Waals surface area contributed by atoms with Gasteiger partial charge in [0.2, 0.25) is 0 Å². The van der Waals surface area contributed by atoms with E-state index in [1.807, 2.05) is 6.92 Å².